The molecule has 0 aliphatic rings. The van der Waals surface area contributed by atoms with Crippen molar-refractivity contribution in [3.05, 3.63) is 75.7 Å². The molecule has 0 aliphatic heterocycles. The smallest absolute Gasteiger partial charge is 0.416 e. The molecule has 0 saturated heterocycles. The Morgan fingerprint density at radius 3 is 2.33 bits per heavy atom. The van der Waals surface area contributed by atoms with Crippen molar-refractivity contribution < 1.29 is 22.7 Å². The molecule has 1 aromatic heterocycles. The molecule has 2 aromatic carbocycles. The first-order valence-electron chi connectivity index (χ1n) is 7.94. The van der Waals surface area contributed by atoms with E-state index in [9.17, 15) is 18.0 Å². The van der Waals surface area contributed by atoms with Gasteiger partial charge in [-0.25, -0.2) is 4.98 Å². The highest BCUT2D eigenvalue weighted by molar-refractivity contribution is 7.09. The monoisotopic (exact) mass is 392 g/mol. The van der Waals surface area contributed by atoms with Gasteiger partial charge in [0.15, 0.2) is 0 Å². The Bertz CT molecular complexity index is 919. The van der Waals surface area contributed by atoms with Crippen molar-refractivity contribution in [1.82, 2.24) is 4.98 Å². The number of carbonyl (C=O) groups is 1. The van der Waals surface area contributed by atoms with Crippen molar-refractivity contribution in [3.8, 4) is 5.75 Å². The van der Waals surface area contributed by atoms with Crippen molar-refractivity contribution in [3.63, 3.8) is 0 Å². The summed E-state index contributed by atoms with van der Waals surface area (Å²) < 4.78 is 43.3. The van der Waals surface area contributed by atoms with E-state index in [4.69, 9.17) is 4.74 Å². The topological polar surface area (TPSA) is 51.2 Å². The van der Waals surface area contributed by atoms with Gasteiger partial charge in [-0.15, -0.1) is 11.3 Å². The van der Waals surface area contributed by atoms with Gasteiger partial charge in [0.25, 0.3) is 5.91 Å². The largest absolute Gasteiger partial charge is 0.487 e. The van der Waals surface area contributed by atoms with Crippen LogP contribution in [-0.2, 0) is 12.8 Å². The summed E-state index contributed by atoms with van der Waals surface area (Å²) in [4.78, 5) is 16.5. The summed E-state index contributed by atoms with van der Waals surface area (Å²) in [6, 6.07) is 10.8. The van der Waals surface area contributed by atoms with E-state index in [1.54, 1.807) is 35.6 Å². The first-order valence-corrected chi connectivity index (χ1v) is 8.82. The third-order valence-corrected chi connectivity index (χ3v) is 4.46. The maximum Gasteiger partial charge on any atom is 0.416 e. The van der Waals surface area contributed by atoms with Gasteiger partial charge in [0.05, 0.1) is 16.3 Å². The minimum absolute atomic E-state index is 0.284. The van der Waals surface area contributed by atoms with E-state index in [1.807, 2.05) is 12.3 Å². The molecule has 0 atom stereocenters. The van der Waals surface area contributed by atoms with Crippen LogP contribution >= 0.6 is 11.3 Å². The molecule has 27 heavy (non-hydrogen) atoms. The second-order valence-corrected chi connectivity index (χ2v) is 6.76. The molecular formula is C19H15F3N2O2S. The van der Waals surface area contributed by atoms with E-state index in [-0.39, 0.29) is 5.69 Å². The molecule has 0 saturated carbocycles. The summed E-state index contributed by atoms with van der Waals surface area (Å²) in [6.45, 7) is 2.25. The van der Waals surface area contributed by atoms with Crippen LogP contribution in [0, 0.1) is 6.92 Å². The Labute approximate surface area is 157 Å². The molecule has 0 unspecified atom stereocenters. The zero-order chi connectivity index (χ0) is 19.4. The molecule has 4 nitrogen and oxygen atoms in total. The summed E-state index contributed by atoms with van der Waals surface area (Å²) in [5.41, 5.74) is 0.720. The van der Waals surface area contributed by atoms with Gasteiger partial charge in [-0.3, -0.25) is 4.79 Å². The van der Waals surface area contributed by atoms with Crippen molar-refractivity contribution in [1.29, 1.82) is 0 Å². The zero-order valence-electron chi connectivity index (χ0n) is 14.2. The van der Waals surface area contributed by atoms with E-state index in [0.29, 0.717) is 17.9 Å². The van der Waals surface area contributed by atoms with E-state index in [2.05, 4.69) is 10.3 Å². The second-order valence-electron chi connectivity index (χ2n) is 5.70. The van der Waals surface area contributed by atoms with Crippen molar-refractivity contribution in [2.45, 2.75) is 19.7 Å². The van der Waals surface area contributed by atoms with Gasteiger partial charge in [0.1, 0.15) is 12.4 Å². The Hall–Kier alpha value is -2.87. The summed E-state index contributed by atoms with van der Waals surface area (Å²) >= 11 is 1.54. The molecule has 1 amide bonds. The van der Waals surface area contributed by atoms with Gasteiger partial charge < -0.3 is 10.1 Å². The number of aryl methyl sites for hydroxylation is 1. The average molecular weight is 392 g/mol. The Morgan fingerprint density at radius 1 is 1.11 bits per heavy atom. The SMILES string of the molecule is Cc1nc(COc2ccc(C(=O)Nc3ccc(C(F)(F)F)cc3)cc2)cs1. The number of benzene rings is 2. The van der Waals surface area contributed by atoms with Gasteiger partial charge in [-0.05, 0) is 55.5 Å². The highest BCUT2D eigenvalue weighted by Crippen LogP contribution is 2.29. The quantitative estimate of drug-likeness (QED) is 0.641. The van der Waals surface area contributed by atoms with E-state index < -0.39 is 17.6 Å². The van der Waals surface area contributed by atoms with Crippen LogP contribution in [0.4, 0.5) is 18.9 Å². The number of halogens is 3. The van der Waals surface area contributed by atoms with Crippen LogP contribution in [0.15, 0.2) is 53.9 Å². The Kier molecular flexibility index (Phi) is 5.46. The van der Waals surface area contributed by atoms with Crippen LogP contribution in [0.2, 0.25) is 0 Å². The fraction of sp³-hybridized carbons (Fsp3) is 0.158. The summed E-state index contributed by atoms with van der Waals surface area (Å²) in [6.07, 6.45) is -4.41. The van der Waals surface area contributed by atoms with Crippen LogP contribution < -0.4 is 10.1 Å². The number of nitrogens with zero attached hydrogens (tertiary/aromatic N) is 1. The third-order valence-electron chi connectivity index (χ3n) is 3.64. The maximum atomic E-state index is 12.6. The van der Waals surface area contributed by atoms with Crippen LogP contribution in [0.3, 0.4) is 0 Å². The number of alkyl halides is 3. The van der Waals surface area contributed by atoms with Crippen LogP contribution in [-0.4, -0.2) is 10.9 Å². The number of thiazole rings is 1. The normalized spacial score (nSPS) is 11.3. The Morgan fingerprint density at radius 2 is 1.78 bits per heavy atom. The number of anilines is 1. The lowest BCUT2D eigenvalue weighted by Crippen LogP contribution is -2.12. The summed E-state index contributed by atoms with van der Waals surface area (Å²) in [7, 11) is 0. The lowest BCUT2D eigenvalue weighted by Gasteiger charge is -2.09. The van der Waals surface area contributed by atoms with Gasteiger partial charge in [0, 0.05) is 16.6 Å². The number of rotatable bonds is 5. The number of aromatic nitrogens is 1. The van der Waals surface area contributed by atoms with E-state index in [0.717, 1.165) is 22.8 Å². The van der Waals surface area contributed by atoms with Crippen molar-refractivity contribution in [2.75, 3.05) is 5.32 Å². The van der Waals surface area contributed by atoms with E-state index in [1.165, 1.54) is 12.1 Å². The highest BCUT2D eigenvalue weighted by atomic mass is 32.1. The molecule has 0 radical (unpaired) electrons. The number of hydrogen-bond acceptors (Lipinski definition) is 4. The lowest BCUT2D eigenvalue weighted by molar-refractivity contribution is -0.137. The van der Waals surface area contributed by atoms with Crippen molar-refractivity contribution in [2.24, 2.45) is 0 Å². The van der Waals surface area contributed by atoms with Gasteiger partial charge in [0.2, 0.25) is 0 Å². The minimum Gasteiger partial charge on any atom is -0.487 e. The fourth-order valence-electron chi connectivity index (χ4n) is 2.28. The predicted octanol–water partition coefficient (Wildman–Crippen LogP) is 5.30. The summed E-state index contributed by atoms with van der Waals surface area (Å²) in [5.74, 6) is 0.170. The van der Waals surface area contributed by atoms with Crippen LogP contribution in [0.5, 0.6) is 5.75 Å². The number of amides is 1. The number of carbonyl (C=O) groups excluding carboxylic acids is 1. The highest BCUT2D eigenvalue weighted by Gasteiger charge is 2.29. The molecular weight excluding hydrogens is 377 g/mol. The van der Waals surface area contributed by atoms with Gasteiger partial charge >= 0.3 is 6.18 Å². The van der Waals surface area contributed by atoms with Crippen LogP contribution in [0.25, 0.3) is 0 Å². The van der Waals surface area contributed by atoms with Crippen molar-refractivity contribution >= 4 is 22.9 Å². The molecule has 8 heteroatoms. The molecule has 140 valence electrons. The zero-order valence-corrected chi connectivity index (χ0v) is 15.0. The number of ether oxygens (including phenoxy) is 1. The predicted molar refractivity (Wildman–Crippen MR) is 97.0 cm³/mol. The van der Waals surface area contributed by atoms with E-state index >= 15 is 0 Å². The molecule has 3 rings (SSSR count). The molecule has 1 N–H and O–H groups in total. The molecule has 0 fully saturated rings. The lowest BCUT2D eigenvalue weighted by atomic mass is 10.1. The number of nitrogens with one attached hydrogen (secondary N) is 1. The molecule has 0 bridgehead atoms. The third kappa shape index (κ3) is 5.07. The average Bonchev–Trinajstić information content (AvgIpc) is 3.05. The second kappa shape index (κ2) is 7.79. The first-order chi connectivity index (χ1) is 12.8. The van der Waals surface area contributed by atoms with Gasteiger partial charge in [-0.2, -0.15) is 13.2 Å². The standard InChI is InChI=1S/C19H15F3N2O2S/c1-12-23-16(11-27-12)10-26-17-8-2-13(3-9-17)18(25)24-15-6-4-14(5-7-15)19(20,21)22/h2-9,11H,10H2,1H3,(H,24,25). The Balaban J connectivity index is 1.58. The fourth-order valence-corrected chi connectivity index (χ4v) is 2.88. The summed E-state index contributed by atoms with van der Waals surface area (Å²) in [5, 5.41) is 5.44. The molecule has 3 aromatic rings. The maximum absolute atomic E-state index is 12.6. The van der Waals surface area contributed by atoms with Gasteiger partial charge in [-0.1, -0.05) is 0 Å². The number of hydrogen-bond donors (Lipinski definition) is 1. The minimum atomic E-state index is -4.41. The molecule has 0 spiro atoms. The first kappa shape index (κ1) is 18.9. The molecule has 1 heterocycles. The van der Waals surface area contributed by atoms with Crippen LogP contribution in [0.1, 0.15) is 26.6 Å². The molecule has 0 aliphatic carbocycles.